The number of aliphatic imine (C=N–C) groups is 1. The van der Waals surface area contributed by atoms with Crippen LogP contribution in [0.5, 0.6) is 0 Å². The van der Waals surface area contributed by atoms with Crippen LogP contribution in [-0.2, 0) is 9.47 Å². The number of nitrogens with two attached hydrogens (primary N) is 1. The molecule has 1 unspecified atom stereocenters. The molecule has 3 aliphatic rings. The quantitative estimate of drug-likeness (QED) is 0.384. The smallest absolute Gasteiger partial charge is 0.225 e. The Labute approximate surface area is 183 Å². The van der Waals surface area contributed by atoms with E-state index in [4.69, 9.17) is 15.2 Å². The van der Waals surface area contributed by atoms with Crippen molar-refractivity contribution in [3.8, 4) is 0 Å². The molecule has 2 N–H and O–H groups in total. The molecule has 1 aromatic heterocycles. The summed E-state index contributed by atoms with van der Waals surface area (Å²) in [7, 11) is 0. The first-order chi connectivity index (χ1) is 13.1. The minimum Gasteiger partial charge on any atom is -0.370 e. The van der Waals surface area contributed by atoms with Crippen LogP contribution in [0, 0.1) is 5.92 Å². The summed E-state index contributed by atoms with van der Waals surface area (Å²) in [5.41, 5.74) is 6.23. The van der Waals surface area contributed by atoms with Gasteiger partial charge >= 0.3 is 0 Å². The molecule has 9 heteroatoms. The Balaban J connectivity index is 0.00000225. The molecule has 4 rings (SSSR count). The van der Waals surface area contributed by atoms with Crippen LogP contribution >= 0.6 is 24.0 Å². The third-order valence-corrected chi connectivity index (χ3v) is 5.85. The van der Waals surface area contributed by atoms with Gasteiger partial charge in [0, 0.05) is 51.4 Å². The molecule has 156 valence electrons. The lowest BCUT2D eigenvalue weighted by molar-refractivity contribution is -0.190. The first-order valence-corrected chi connectivity index (χ1v) is 10.0. The molecule has 2 aliphatic heterocycles. The van der Waals surface area contributed by atoms with Gasteiger partial charge in [-0.3, -0.25) is 4.99 Å². The summed E-state index contributed by atoms with van der Waals surface area (Å²) in [5, 5.41) is 0. The number of hydrogen-bond acceptors (Lipinski definition) is 6. The minimum absolute atomic E-state index is 0. The van der Waals surface area contributed by atoms with E-state index in [2.05, 4.69) is 31.7 Å². The van der Waals surface area contributed by atoms with Gasteiger partial charge in [0.2, 0.25) is 5.95 Å². The number of ether oxygens (including phenoxy) is 2. The van der Waals surface area contributed by atoms with Gasteiger partial charge in [0.15, 0.2) is 11.7 Å². The van der Waals surface area contributed by atoms with Crippen LogP contribution in [0.3, 0.4) is 0 Å². The molecular weight excluding hydrogens is 471 g/mol. The topological polar surface area (TPSA) is 89.1 Å². The Hall–Kier alpha value is -1.20. The van der Waals surface area contributed by atoms with Crippen molar-refractivity contribution in [2.24, 2.45) is 16.6 Å². The van der Waals surface area contributed by atoms with Gasteiger partial charge in [-0.2, -0.15) is 0 Å². The standard InChI is InChI=1S/C19H30N6O2.HI/c1-15-3-5-19(6-4-15)26-14-16(27-19)13-23-17(20)24-9-11-25(12-10-24)18-21-7-2-8-22-18;/h2,7-8,15-16H,3-6,9-14H2,1H3,(H2,20,23);1H. The lowest BCUT2D eigenvalue weighted by atomic mass is 9.86. The van der Waals surface area contributed by atoms with E-state index < -0.39 is 0 Å². The summed E-state index contributed by atoms with van der Waals surface area (Å²) in [6.07, 6.45) is 7.89. The predicted octanol–water partition coefficient (Wildman–Crippen LogP) is 1.85. The second-order valence-electron chi connectivity index (χ2n) is 7.87. The number of nitrogens with zero attached hydrogens (tertiary/aromatic N) is 5. The maximum Gasteiger partial charge on any atom is 0.225 e. The molecule has 1 atom stereocenters. The lowest BCUT2D eigenvalue weighted by Crippen LogP contribution is -2.51. The van der Waals surface area contributed by atoms with Crippen molar-refractivity contribution in [3.05, 3.63) is 18.5 Å². The molecule has 0 bridgehead atoms. The van der Waals surface area contributed by atoms with Gasteiger partial charge in [0.05, 0.1) is 13.2 Å². The van der Waals surface area contributed by atoms with Gasteiger partial charge in [-0.25, -0.2) is 9.97 Å². The Morgan fingerprint density at radius 3 is 2.57 bits per heavy atom. The van der Waals surface area contributed by atoms with Gasteiger partial charge in [-0.05, 0) is 24.8 Å². The van der Waals surface area contributed by atoms with Crippen molar-refractivity contribution in [2.75, 3.05) is 44.2 Å². The molecule has 0 radical (unpaired) electrons. The highest BCUT2D eigenvalue weighted by Crippen LogP contribution is 2.39. The third-order valence-electron chi connectivity index (χ3n) is 5.85. The highest BCUT2D eigenvalue weighted by Gasteiger charge is 2.43. The number of piperazine rings is 1. The van der Waals surface area contributed by atoms with E-state index in [9.17, 15) is 0 Å². The van der Waals surface area contributed by atoms with Gasteiger partial charge < -0.3 is 25.0 Å². The largest absolute Gasteiger partial charge is 0.370 e. The molecule has 0 aromatic carbocycles. The molecule has 2 saturated heterocycles. The highest BCUT2D eigenvalue weighted by atomic mass is 127. The highest BCUT2D eigenvalue weighted by molar-refractivity contribution is 14.0. The summed E-state index contributed by atoms with van der Waals surface area (Å²) >= 11 is 0. The Morgan fingerprint density at radius 1 is 1.21 bits per heavy atom. The first kappa shape index (κ1) is 21.5. The van der Waals surface area contributed by atoms with E-state index in [1.54, 1.807) is 12.4 Å². The van der Waals surface area contributed by atoms with E-state index in [1.165, 1.54) is 12.8 Å². The van der Waals surface area contributed by atoms with Crippen molar-refractivity contribution in [1.29, 1.82) is 0 Å². The second-order valence-corrected chi connectivity index (χ2v) is 7.87. The van der Waals surface area contributed by atoms with Crippen molar-refractivity contribution in [1.82, 2.24) is 14.9 Å². The Morgan fingerprint density at radius 2 is 1.89 bits per heavy atom. The van der Waals surface area contributed by atoms with E-state index in [1.807, 2.05) is 6.07 Å². The van der Waals surface area contributed by atoms with Gasteiger partial charge in [-0.1, -0.05) is 6.92 Å². The zero-order chi connectivity index (χ0) is 18.7. The molecular formula is C19H31IN6O2. The molecule has 28 heavy (non-hydrogen) atoms. The van der Waals surface area contributed by atoms with Crippen LogP contribution in [0.4, 0.5) is 5.95 Å². The van der Waals surface area contributed by atoms with Gasteiger partial charge in [-0.15, -0.1) is 24.0 Å². The Kier molecular flexibility index (Phi) is 7.32. The van der Waals surface area contributed by atoms with Gasteiger partial charge in [0.1, 0.15) is 6.10 Å². The molecule has 3 fully saturated rings. The molecule has 3 heterocycles. The predicted molar refractivity (Wildman–Crippen MR) is 119 cm³/mol. The monoisotopic (exact) mass is 502 g/mol. The zero-order valence-electron chi connectivity index (χ0n) is 16.5. The van der Waals surface area contributed by atoms with Crippen LogP contribution in [0.2, 0.25) is 0 Å². The fourth-order valence-corrected chi connectivity index (χ4v) is 4.06. The van der Waals surface area contributed by atoms with Crippen LogP contribution < -0.4 is 10.6 Å². The molecule has 8 nitrogen and oxygen atoms in total. The third kappa shape index (κ3) is 5.04. The van der Waals surface area contributed by atoms with Crippen molar-refractivity contribution in [2.45, 2.75) is 44.5 Å². The summed E-state index contributed by atoms with van der Waals surface area (Å²) < 4.78 is 12.2. The minimum atomic E-state index is -0.358. The Bertz CT molecular complexity index is 645. The number of guanidine groups is 1. The average molecular weight is 502 g/mol. The molecule has 1 aromatic rings. The number of halogens is 1. The number of hydrogen-bond donors (Lipinski definition) is 1. The number of anilines is 1. The van der Waals surface area contributed by atoms with E-state index in [0.29, 0.717) is 19.1 Å². The van der Waals surface area contributed by atoms with Gasteiger partial charge in [0.25, 0.3) is 0 Å². The summed E-state index contributed by atoms with van der Waals surface area (Å²) in [6.45, 7) is 6.79. The fourth-order valence-electron chi connectivity index (χ4n) is 4.06. The van der Waals surface area contributed by atoms with E-state index >= 15 is 0 Å². The van der Waals surface area contributed by atoms with Crippen LogP contribution in [0.1, 0.15) is 32.6 Å². The maximum absolute atomic E-state index is 6.23. The molecule has 1 saturated carbocycles. The van der Waals surface area contributed by atoms with Crippen LogP contribution in [0.15, 0.2) is 23.5 Å². The number of rotatable bonds is 3. The SMILES string of the molecule is CC1CCC2(CC1)OCC(CN=C(N)N1CCN(c3ncccn3)CC1)O2.I. The zero-order valence-corrected chi connectivity index (χ0v) is 18.8. The van der Waals surface area contributed by atoms with Crippen LogP contribution in [-0.4, -0.2) is 72.0 Å². The van der Waals surface area contributed by atoms with Crippen molar-refractivity contribution in [3.63, 3.8) is 0 Å². The molecule has 1 aliphatic carbocycles. The first-order valence-electron chi connectivity index (χ1n) is 10.0. The number of aromatic nitrogens is 2. The molecule has 1 spiro atoms. The normalized spacial score (nSPS) is 31.1. The van der Waals surface area contributed by atoms with Crippen molar-refractivity contribution >= 4 is 35.9 Å². The van der Waals surface area contributed by atoms with Crippen LogP contribution in [0.25, 0.3) is 0 Å². The summed E-state index contributed by atoms with van der Waals surface area (Å²) in [4.78, 5) is 17.5. The van der Waals surface area contributed by atoms with E-state index in [0.717, 1.165) is 50.9 Å². The van der Waals surface area contributed by atoms with E-state index in [-0.39, 0.29) is 35.9 Å². The lowest BCUT2D eigenvalue weighted by Gasteiger charge is -2.35. The summed E-state index contributed by atoms with van der Waals surface area (Å²) in [5.74, 6) is 1.78. The molecule has 0 amide bonds. The van der Waals surface area contributed by atoms with Crippen molar-refractivity contribution < 1.29 is 9.47 Å². The fraction of sp³-hybridized carbons (Fsp3) is 0.737. The second kappa shape index (κ2) is 9.53. The average Bonchev–Trinajstić information content (AvgIpc) is 3.12. The summed E-state index contributed by atoms with van der Waals surface area (Å²) in [6, 6.07) is 1.83. The maximum atomic E-state index is 6.23.